The fraction of sp³-hybridized carbons (Fsp3) is 0.625. The van der Waals surface area contributed by atoms with Crippen molar-refractivity contribution in [3.8, 4) is 0 Å². The lowest BCUT2D eigenvalue weighted by Crippen LogP contribution is -2.26. The molecular weight excluding hydrogens is 238 g/mol. The maximum atomic E-state index is 2.70. The van der Waals surface area contributed by atoms with E-state index in [0.717, 1.165) is 11.8 Å². The zero-order valence-electron chi connectivity index (χ0n) is 11.3. The van der Waals surface area contributed by atoms with E-state index >= 15 is 0 Å². The van der Waals surface area contributed by atoms with Crippen LogP contribution in [0.4, 0.5) is 0 Å². The van der Waals surface area contributed by atoms with Crippen LogP contribution >= 0.6 is 11.8 Å². The summed E-state index contributed by atoms with van der Waals surface area (Å²) >= 11 is 2.04. The first kappa shape index (κ1) is 12.6. The second-order valence-electron chi connectivity index (χ2n) is 5.75. The van der Waals surface area contributed by atoms with E-state index in [-0.39, 0.29) is 0 Å². The second-order valence-corrected chi connectivity index (χ2v) is 6.81. The molecule has 98 valence electrons. The summed E-state index contributed by atoms with van der Waals surface area (Å²) in [4.78, 5) is 4.22. The molecule has 1 aromatic rings. The largest absolute Gasteiger partial charge is 0.302 e. The average molecular weight is 261 g/mol. The number of benzene rings is 1. The number of nitrogens with zero attached hydrogens (tertiary/aromatic N) is 1. The number of likely N-dealkylation sites (tertiary alicyclic amines) is 1. The Morgan fingerprint density at radius 1 is 1.33 bits per heavy atom. The third-order valence-corrected chi connectivity index (χ3v) is 5.60. The van der Waals surface area contributed by atoms with E-state index in [0.29, 0.717) is 0 Å². The summed E-state index contributed by atoms with van der Waals surface area (Å²) in [5.41, 5.74) is 1.60. The molecule has 0 aromatic heterocycles. The Hall–Kier alpha value is -0.470. The Balaban J connectivity index is 1.59. The summed E-state index contributed by atoms with van der Waals surface area (Å²) < 4.78 is 0. The molecule has 0 amide bonds. The van der Waals surface area contributed by atoms with E-state index in [1.54, 1.807) is 5.56 Å². The van der Waals surface area contributed by atoms with Gasteiger partial charge < -0.3 is 4.90 Å². The first-order valence-electron chi connectivity index (χ1n) is 7.31. The van der Waals surface area contributed by atoms with Crippen LogP contribution in [0.5, 0.6) is 0 Å². The van der Waals surface area contributed by atoms with Crippen molar-refractivity contribution < 1.29 is 0 Å². The minimum Gasteiger partial charge on any atom is -0.302 e. The van der Waals surface area contributed by atoms with Gasteiger partial charge in [-0.25, -0.2) is 0 Å². The molecule has 2 aliphatic rings. The molecule has 0 radical (unpaired) electrons. The summed E-state index contributed by atoms with van der Waals surface area (Å²) in [5.74, 6) is 3.03. The zero-order valence-corrected chi connectivity index (χ0v) is 12.1. The van der Waals surface area contributed by atoms with Gasteiger partial charge in [-0.3, -0.25) is 0 Å². The van der Waals surface area contributed by atoms with Crippen LogP contribution in [-0.2, 0) is 0 Å². The van der Waals surface area contributed by atoms with Crippen LogP contribution in [0.3, 0.4) is 0 Å². The van der Waals surface area contributed by atoms with E-state index in [1.165, 1.54) is 49.5 Å². The number of rotatable bonds is 4. The van der Waals surface area contributed by atoms with E-state index in [2.05, 4.69) is 36.1 Å². The van der Waals surface area contributed by atoms with Crippen molar-refractivity contribution in [3.63, 3.8) is 0 Å². The van der Waals surface area contributed by atoms with Crippen LogP contribution in [0, 0.1) is 5.92 Å². The highest BCUT2D eigenvalue weighted by Crippen LogP contribution is 2.40. The van der Waals surface area contributed by atoms with Gasteiger partial charge in [0.15, 0.2) is 0 Å². The smallest absolute Gasteiger partial charge is 0.0108 e. The van der Waals surface area contributed by atoms with Gasteiger partial charge in [0.05, 0.1) is 0 Å². The minimum absolute atomic E-state index is 0.770. The topological polar surface area (TPSA) is 3.24 Å². The molecule has 1 aromatic carbocycles. The van der Waals surface area contributed by atoms with Crippen LogP contribution in [0.2, 0.25) is 0 Å². The monoisotopic (exact) mass is 261 g/mol. The molecule has 0 bridgehead atoms. The lowest BCUT2D eigenvalue weighted by molar-refractivity contribution is 0.306. The van der Waals surface area contributed by atoms with Gasteiger partial charge in [0.25, 0.3) is 0 Å². The van der Waals surface area contributed by atoms with E-state index < -0.39 is 0 Å². The Labute approximate surface area is 115 Å². The van der Waals surface area contributed by atoms with Crippen molar-refractivity contribution in [2.75, 3.05) is 25.4 Å². The van der Waals surface area contributed by atoms with Gasteiger partial charge in [-0.1, -0.05) is 31.5 Å². The minimum atomic E-state index is 0.770. The van der Waals surface area contributed by atoms with Crippen molar-refractivity contribution in [2.24, 2.45) is 5.92 Å². The molecule has 0 spiro atoms. The van der Waals surface area contributed by atoms with E-state index in [9.17, 15) is 0 Å². The lowest BCUT2D eigenvalue weighted by Gasteiger charge is -2.20. The summed E-state index contributed by atoms with van der Waals surface area (Å²) in [6.07, 6.45) is 4.20. The fourth-order valence-corrected chi connectivity index (χ4v) is 4.66. The molecule has 0 N–H and O–H groups in total. The van der Waals surface area contributed by atoms with Gasteiger partial charge in [-0.05, 0) is 36.9 Å². The van der Waals surface area contributed by atoms with E-state index in [4.69, 9.17) is 0 Å². The molecule has 2 atom stereocenters. The molecular formula is C16H23NS. The molecule has 0 aliphatic carbocycles. The normalized spacial score (nSPS) is 27.6. The molecule has 1 saturated heterocycles. The summed E-state index contributed by atoms with van der Waals surface area (Å²) in [5, 5.41) is 0. The van der Waals surface area contributed by atoms with Crippen LogP contribution in [0.25, 0.3) is 0 Å². The fourth-order valence-electron chi connectivity index (χ4n) is 3.41. The van der Waals surface area contributed by atoms with Gasteiger partial charge in [0, 0.05) is 29.7 Å². The number of hydrogen-bond donors (Lipinski definition) is 0. The highest BCUT2D eigenvalue weighted by Gasteiger charge is 2.28. The summed E-state index contributed by atoms with van der Waals surface area (Å²) in [7, 11) is 0. The summed E-state index contributed by atoms with van der Waals surface area (Å²) in [6, 6.07) is 8.98. The Morgan fingerprint density at radius 2 is 2.22 bits per heavy atom. The third kappa shape index (κ3) is 2.60. The highest BCUT2D eigenvalue weighted by molar-refractivity contribution is 7.99. The van der Waals surface area contributed by atoms with Gasteiger partial charge >= 0.3 is 0 Å². The van der Waals surface area contributed by atoms with Crippen LogP contribution in [0.15, 0.2) is 29.2 Å². The maximum Gasteiger partial charge on any atom is 0.0108 e. The molecule has 18 heavy (non-hydrogen) atoms. The predicted octanol–water partition coefficient (Wildman–Crippen LogP) is 4.00. The number of fused-ring (bicyclic) bond motifs is 1. The van der Waals surface area contributed by atoms with Gasteiger partial charge in [-0.2, -0.15) is 0 Å². The quantitative estimate of drug-likeness (QED) is 0.806. The standard InChI is InChI=1S/C16H23NS/c1-2-5-13-8-9-17(10-13)11-14-12-18-16-7-4-3-6-15(14)16/h3-4,6-7,13-14H,2,5,8-12H2,1H3. The van der Waals surface area contributed by atoms with Crippen LogP contribution < -0.4 is 0 Å². The van der Waals surface area contributed by atoms with Crippen LogP contribution in [-0.4, -0.2) is 30.3 Å². The maximum absolute atomic E-state index is 2.70. The van der Waals surface area contributed by atoms with Crippen LogP contribution in [0.1, 0.15) is 37.7 Å². The molecule has 2 heterocycles. The Morgan fingerprint density at radius 3 is 3.11 bits per heavy atom. The first-order chi connectivity index (χ1) is 8.86. The lowest BCUT2D eigenvalue weighted by atomic mass is 10.0. The predicted molar refractivity (Wildman–Crippen MR) is 79.4 cm³/mol. The van der Waals surface area contributed by atoms with Crippen molar-refractivity contribution in [1.29, 1.82) is 0 Å². The van der Waals surface area contributed by atoms with Gasteiger partial charge in [-0.15, -0.1) is 11.8 Å². The Bertz CT molecular complexity index is 404. The average Bonchev–Trinajstić information content (AvgIpc) is 2.99. The molecule has 3 rings (SSSR count). The Kier molecular flexibility index (Phi) is 3.95. The van der Waals surface area contributed by atoms with E-state index in [1.807, 2.05) is 11.8 Å². The van der Waals surface area contributed by atoms with Crippen molar-refractivity contribution in [3.05, 3.63) is 29.8 Å². The molecule has 2 unspecified atom stereocenters. The first-order valence-corrected chi connectivity index (χ1v) is 8.29. The molecule has 2 aliphatic heterocycles. The number of thioether (sulfide) groups is 1. The summed E-state index contributed by atoms with van der Waals surface area (Å²) in [6.45, 7) is 6.27. The highest BCUT2D eigenvalue weighted by atomic mass is 32.2. The van der Waals surface area contributed by atoms with Gasteiger partial charge in [0.1, 0.15) is 0 Å². The molecule has 1 fully saturated rings. The number of hydrogen-bond acceptors (Lipinski definition) is 2. The molecule has 1 nitrogen and oxygen atoms in total. The second kappa shape index (κ2) is 5.66. The van der Waals surface area contributed by atoms with Crippen molar-refractivity contribution in [1.82, 2.24) is 4.90 Å². The third-order valence-electron chi connectivity index (χ3n) is 4.34. The molecule has 2 heteroatoms. The van der Waals surface area contributed by atoms with Crippen molar-refractivity contribution >= 4 is 11.8 Å². The zero-order chi connectivity index (χ0) is 12.4. The SMILES string of the molecule is CCCC1CCN(CC2CSc3ccccc32)C1. The van der Waals surface area contributed by atoms with Gasteiger partial charge in [0.2, 0.25) is 0 Å². The van der Waals surface area contributed by atoms with Crippen molar-refractivity contribution in [2.45, 2.75) is 37.0 Å². The molecule has 0 saturated carbocycles.